The molecule has 2 fully saturated rings. The van der Waals surface area contributed by atoms with E-state index >= 15 is 0 Å². The topological polar surface area (TPSA) is 113 Å². The Hall–Kier alpha value is -3.99. The second kappa shape index (κ2) is 9.87. The first-order chi connectivity index (χ1) is 16.6. The van der Waals surface area contributed by atoms with Gasteiger partial charge < -0.3 is 14.5 Å². The van der Waals surface area contributed by atoms with Gasteiger partial charge in [0.1, 0.15) is 12.9 Å². The first kappa shape index (κ1) is 21.8. The van der Waals surface area contributed by atoms with E-state index in [0.717, 1.165) is 36.1 Å². The van der Waals surface area contributed by atoms with Gasteiger partial charge in [-0.15, -0.1) is 0 Å². The van der Waals surface area contributed by atoms with Crippen LogP contribution in [-0.2, 0) is 11.4 Å². The number of thioether (sulfide) groups is 1. The number of aromatic nitrogens is 4. The molecule has 0 radical (unpaired) electrons. The van der Waals surface area contributed by atoms with Crippen LogP contribution in [0, 0.1) is 0 Å². The lowest BCUT2D eigenvalue weighted by Crippen LogP contribution is -2.47. The van der Waals surface area contributed by atoms with Gasteiger partial charge in [0.15, 0.2) is 0 Å². The van der Waals surface area contributed by atoms with Crippen molar-refractivity contribution in [1.82, 2.24) is 25.3 Å². The summed E-state index contributed by atoms with van der Waals surface area (Å²) in [6.45, 7) is 3.26. The Kier molecular flexibility index (Phi) is 6.34. The summed E-state index contributed by atoms with van der Waals surface area (Å²) in [5, 5.41) is 1.87. The van der Waals surface area contributed by atoms with E-state index in [1.165, 1.54) is 6.33 Å². The van der Waals surface area contributed by atoms with Crippen LogP contribution in [0.5, 0.6) is 5.88 Å². The van der Waals surface area contributed by atoms with Gasteiger partial charge in [0, 0.05) is 32.2 Å². The molecule has 0 spiro atoms. The van der Waals surface area contributed by atoms with Crippen LogP contribution in [0.2, 0.25) is 0 Å². The van der Waals surface area contributed by atoms with Gasteiger partial charge >= 0.3 is 0 Å². The minimum atomic E-state index is -0.430. The van der Waals surface area contributed by atoms with Gasteiger partial charge in [-0.3, -0.25) is 14.9 Å². The molecule has 0 bridgehead atoms. The number of hydrogen-bond donors (Lipinski definition) is 1. The average molecular weight is 476 g/mol. The number of nitrogens with one attached hydrogen (secondary N) is 1. The van der Waals surface area contributed by atoms with Crippen LogP contribution in [0.3, 0.4) is 0 Å². The monoisotopic (exact) mass is 475 g/mol. The Morgan fingerprint density at radius 3 is 2.44 bits per heavy atom. The van der Waals surface area contributed by atoms with E-state index in [4.69, 9.17) is 4.74 Å². The summed E-state index contributed by atoms with van der Waals surface area (Å²) >= 11 is 0.852. The number of hydrogen-bond acceptors (Lipinski definition) is 10. The fourth-order valence-electron chi connectivity index (χ4n) is 3.63. The quantitative estimate of drug-likeness (QED) is 0.534. The number of carbonyl (C=O) groups is 2. The fourth-order valence-corrected chi connectivity index (χ4v) is 4.29. The summed E-state index contributed by atoms with van der Waals surface area (Å²) in [6, 6.07) is 11.5. The number of carbonyl (C=O) groups excluding carboxylic acids is 2. The fraction of sp³-hybridized carbons (Fsp3) is 0.217. The Labute approximate surface area is 200 Å². The third-order valence-electron chi connectivity index (χ3n) is 5.34. The Balaban J connectivity index is 1.37. The van der Waals surface area contributed by atoms with Crippen molar-refractivity contribution in [2.24, 2.45) is 0 Å². The number of nitrogens with zero attached hydrogens (tertiary/aromatic N) is 6. The van der Waals surface area contributed by atoms with Crippen LogP contribution in [-0.4, -0.2) is 57.3 Å². The second-order valence-corrected chi connectivity index (χ2v) is 8.64. The van der Waals surface area contributed by atoms with E-state index in [9.17, 15) is 9.59 Å². The van der Waals surface area contributed by atoms with Crippen molar-refractivity contribution in [3.8, 4) is 5.88 Å². The highest BCUT2D eigenvalue weighted by Gasteiger charge is 2.26. The molecule has 11 heteroatoms. The molecule has 2 aromatic heterocycles. The molecule has 172 valence electrons. The molecule has 5 rings (SSSR count). The Morgan fingerprint density at radius 2 is 1.74 bits per heavy atom. The molecule has 0 atom stereocenters. The number of benzene rings is 1. The van der Waals surface area contributed by atoms with Crippen LogP contribution in [0.25, 0.3) is 6.08 Å². The van der Waals surface area contributed by atoms with Crippen LogP contribution >= 0.6 is 11.8 Å². The highest BCUT2D eigenvalue weighted by atomic mass is 32.2. The zero-order valence-electron chi connectivity index (χ0n) is 18.1. The van der Waals surface area contributed by atoms with Gasteiger partial charge in [-0.1, -0.05) is 30.3 Å². The van der Waals surface area contributed by atoms with Crippen LogP contribution < -0.4 is 19.9 Å². The SMILES string of the molecule is O=C1NC(=O)/C(=C/c2cc(OCc3ccccc3)nc(N3CCN(c4cncnc4)CC3)n2)S1. The highest BCUT2D eigenvalue weighted by Crippen LogP contribution is 2.27. The lowest BCUT2D eigenvalue weighted by atomic mass is 10.2. The minimum absolute atomic E-state index is 0.289. The maximum Gasteiger partial charge on any atom is 0.290 e. The molecule has 0 unspecified atom stereocenters. The number of imide groups is 1. The summed E-state index contributed by atoms with van der Waals surface area (Å²) in [6.07, 6.45) is 6.70. The van der Waals surface area contributed by atoms with Crippen LogP contribution in [0.15, 0.2) is 60.0 Å². The molecular formula is C23H21N7O3S. The number of rotatable bonds is 6. The van der Waals surface area contributed by atoms with Crippen LogP contribution in [0.4, 0.5) is 16.4 Å². The number of amides is 2. The molecule has 2 amide bonds. The lowest BCUT2D eigenvalue weighted by Gasteiger charge is -2.35. The maximum absolute atomic E-state index is 12.0. The zero-order valence-corrected chi connectivity index (χ0v) is 18.9. The molecule has 0 aliphatic carbocycles. The van der Waals surface area contributed by atoms with E-state index in [0.29, 0.717) is 37.2 Å². The first-order valence-electron chi connectivity index (χ1n) is 10.7. The van der Waals surface area contributed by atoms with E-state index in [2.05, 4.69) is 35.1 Å². The van der Waals surface area contributed by atoms with Gasteiger partial charge in [0.2, 0.25) is 11.8 Å². The van der Waals surface area contributed by atoms with E-state index < -0.39 is 11.1 Å². The van der Waals surface area contributed by atoms with Crippen molar-refractivity contribution < 1.29 is 14.3 Å². The lowest BCUT2D eigenvalue weighted by molar-refractivity contribution is -0.115. The van der Waals surface area contributed by atoms with Gasteiger partial charge in [-0.25, -0.2) is 15.0 Å². The summed E-state index contributed by atoms with van der Waals surface area (Å²) < 4.78 is 5.96. The minimum Gasteiger partial charge on any atom is -0.473 e. The Bertz CT molecular complexity index is 1220. The Morgan fingerprint density at radius 1 is 1.00 bits per heavy atom. The van der Waals surface area contributed by atoms with Gasteiger partial charge in [-0.05, 0) is 23.4 Å². The molecule has 1 aromatic carbocycles. The van der Waals surface area contributed by atoms with Crippen molar-refractivity contribution in [3.05, 3.63) is 71.3 Å². The summed E-state index contributed by atoms with van der Waals surface area (Å²) in [4.78, 5) is 45.6. The molecule has 3 aromatic rings. The molecule has 34 heavy (non-hydrogen) atoms. The molecule has 2 aliphatic heterocycles. The van der Waals surface area contributed by atoms with Crippen molar-refractivity contribution >= 4 is 40.6 Å². The molecular weight excluding hydrogens is 454 g/mol. The standard InChI is InChI=1S/C23H21N7O3S/c31-21-19(34-23(32)28-21)10-17-11-20(33-14-16-4-2-1-3-5-16)27-22(26-17)30-8-6-29(7-9-30)18-12-24-15-25-13-18/h1-5,10-13,15H,6-9,14H2,(H,28,31,32)/b19-10-. The summed E-state index contributed by atoms with van der Waals surface area (Å²) in [5.74, 6) is 0.478. The van der Waals surface area contributed by atoms with Gasteiger partial charge in [0.25, 0.3) is 11.1 Å². The maximum atomic E-state index is 12.0. The molecule has 2 aliphatic rings. The average Bonchev–Trinajstić information content (AvgIpc) is 3.20. The predicted octanol–water partition coefficient (Wildman–Crippen LogP) is 2.50. The van der Waals surface area contributed by atoms with E-state index in [1.54, 1.807) is 24.5 Å². The highest BCUT2D eigenvalue weighted by molar-refractivity contribution is 8.18. The normalized spacial score (nSPS) is 17.2. The number of ether oxygens (including phenoxy) is 1. The third-order valence-corrected chi connectivity index (χ3v) is 6.15. The third kappa shape index (κ3) is 5.15. The van der Waals surface area contributed by atoms with Crippen molar-refractivity contribution in [2.75, 3.05) is 36.0 Å². The van der Waals surface area contributed by atoms with Crippen molar-refractivity contribution in [2.45, 2.75) is 6.61 Å². The number of piperazine rings is 1. The summed E-state index contributed by atoms with van der Waals surface area (Å²) in [7, 11) is 0. The largest absolute Gasteiger partial charge is 0.473 e. The second-order valence-electron chi connectivity index (χ2n) is 7.63. The molecule has 1 N–H and O–H groups in total. The predicted molar refractivity (Wildman–Crippen MR) is 128 cm³/mol. The van der Waals surface area contributed by atoms with Gasteiger partial charge in [-0.2, -0.15) is 4.98 Å². The van der Waals surface area contributed by atoms with Crippen molar-refractivity contribution in [3.63, 3.8) is 0 Å². The van der Waals surface area contributed by atoms with E-state index in [1.807, 2.05) is 30.3 Å². The molecule has 10 nitrogen and oxygen atoms in total. The zero-order chi connectivity index (χ0) is 23.3. The number of anilines is 2. The summed E-state index contributed by atoms with van der Waals surface area (Å²) in [5.41, 5.74) is 2.49. The van der Waals surface area contributed by atoms with E-state index in [-0.39, 0.29) is 4.91 Å². The first-order valence-corrected chi connectivity index (χ1v) is 11.5. The van der Waals surface area contributed by atoms with Gasteiger partial charge in [0.05, 0.1) is 28.7 Å². The molecule has 0 saturated carbocycles. The smallest absolute Gasteiger partial charge is 0.290 e. The molecule has 2 saturated heterocycles. The van der Waals surface area contributed by atoms with Crippen LogP contribution in [0.1, 0.15) is 11.3 Å². The van der Waals surface area contributed by atoms with Crippen molar-refractivity contribution in [1.29, 1.82) is 0 Å². The molecule has 4 heterocycles.